The molecule has 238 valence electrons. The Morgan fingerprint density at radius 1 is 0.933 bits per heavy atom. The first kappa shape index (κ1) is 34.2. The van der Waals surface area contributed by atoms with E-state index in [1.807, 2.05) is 24.3 Å². The molecule has 2 amide bonds. The molecule has 0 unspecified atom stereocenters. The molecule has 0 spiro atoms. The van der Waals surface area contributed by atoms with Gasteiger partial charge in [0.1, 0.15) is 17.3 Å². The van der Waals surface area contributed by atoms with Gasteiger partial charge in [-0.25, -0.2) is 4.68 Å². The molecule has 1 aromatic heterocycles. The summed E-state index contributed by atoms with van der Waals surface area (Å²) in [7, 11) is 0. The Morgan fingerprint density at radius 2 is 1.56 bits per heavy atom. The summed E-state index contributed by atoms with van der Waals surface area (Å²) < 4.78 is 7.13. The third-order valence-corrected chi connectivity index (χ3v) is 9.12. The molecule has 3 aromatic carbocycles. The predicted molar refractivity (Wildman–Crippen MR) is 183 cm³/mol. The van der Waals surface area contributed by atoms with Gasteiger partial charge in [0.15, 0.2) is 6.61 Å². The third kappa shape index (κ3) is 7.08. The van der Waals surface area contributed by atoms with Crippen LogP contribution in [0.2, 0.25) is 15.1 Å². The van der Waals surface area contributed by atoms with Crippen molar-refractivity contribution < 1.29 is 14.3 Å². The number of H-pyrrole nitrogens is 1. The molecule has 1 heterocycles. The van der Waals surface area contributed by atoms with Gasteiger partial charge in [-0.05, 0) is 64.6 Å². The van der Waals surface area contributed by atoms with E-state index in [2.05, 4.69) is 52.0 Å². The fourth-order valence-corrected chi connectivity index (χ4v) is 6.18. The number of nitrogens with one attached hydrogen (secondary N) is 2. The largest absolute Gasteiger partial charge is 0.483 e. The number of amides is 2. The first-order valence-electron chi connectivity index (χ1n) is 14.6. The highest BCUT2D eigenvalue weighted by molar-refractivity contribution is 6.40. The molecule has 0 aliphatic heterocycles. The minimum absolute atomic E-state index is 0.142. The number of aromatic amines is 1. The van der Waals surface area contributed by atoms with Crippen LogP contribution in [0.15, 0.2) is 59.4 Å². The van der Waals surface area contributed by atoms with Crippen LogP contribution < -0.4 is 21.3 Å². The molecule has 0 aliphatic carbocycles. The maximum atomic E-state index is 14.0. The van der Waals surface area contributed by atoms with Crippen molar-refractivity contribution in [3.63, 3.8) is 0 Å². The van der Waals surface area contributed by atoms with Crippen LogP contribution >= 0.6 is 34.8 Å². The van der Waals surface area contributed by atoms with Crippen molar-refractivity contribution >= 4 is 52.4 Å². The molecule has 11 heteroatoms. The molecule has 4 aromatic rings. The van der Waals surface area contributed by atoms with Crippen molar-refractivity contribution in [3.05, 3.63) is 96.7 Å². The Labute approximate surface area is 277 Å². The van der Waals surface area contributed by atoms with Crippen LogP contribution in [0.4, 0.5) is 5.82 Å². The Balaban J connectivity index is 1.90. The number of carbonyl (C=O) groups excluding carboxylic acids is 2. The summed E-state index contributed by atoms with van der Waals surface area (Å²) in [6.45, 7) is 12.4. The zero-order valence-electron chi connectivity index (χ0n) is 26.1. The van der Waals surface area contributed by atoms with E-state index in [-0.39, 0.29) is 33.6 Å². The number of nitrogens with two attached hydrogens (primary N) is 1. The normalized spacial score (nSPS) is 11.8. The lowest BCUT2D eigenvalue weighted by molar-refractivity contribution is -0.119. The van der Waals surface area contributed by atoms with Gasteiger partial charge in [-0.1, -0.05) is 101 Å². The van der Waals surface area contributed by atoms with Crippen molar-refractivity contribution in [1.82, 2.24) is 9.78 Å². The van der Waals surface area contributed by atoms with E-state index >= 15 is 0 Å². The zero-order valence-corrected chi connectivity index (χ0v) is 28.4. The molecule has 4 N–H and O–H groups in total. The summed E-state index contributed by atoms with van der Waals surface area (Å²) >= 11 is 18.7. The van der Waals surface area contributed by atoms with Crippen LogP contribution in [0.25, 0.3) is 16.8 Å². The molecule has 0 bridgehead atoms. The third-order valence-electron chi connectivity index (χ3n) is 8.33. The average Bonchev–Trinajstić information content (AvgIpc) is 3.33. The molecule has 0 fully saturated rings. The maximum Gasteiger partial charge on any atom is 0.273 e. The standard InChI is InChI=1S/C34H37Cl3N4O4/c1-7-33(3,4)22-13-14-25(45-18-26(38)42)30(34(5,6)8-2)29(22)20-11-9-10-12-21(20)32(44)39-27-17-28(43)41(40-27)31-23(36)15-19(35)16-24(31)37/h9-17,40H,7-8,18H2,1-6H3,(H2,38,42)(H,39,44). The van der Waals surface area contributed by atoms with Gasteiger partial charge in [0, 0.05) is 22.2 Å². The van der Waals surface area contributed by atoms with Crippen molar-refractivity contribution in [2.45, 2.75) is 65.2 Å². The quantitative estimate of drug-likeness (QED) is 0.149. The highest BCUT2D eigenvalue weighted by Gasteiger charge is 2.34. The molecule has 0 radical (unpaired) electrons. The van der Waals surface area contributed by atoms with Gasteiger partial charge in [-0.15, -0.1) is 0 Å². The van der Waals surface area contributed by atoms with Gasteiger partial charge in [-0.3, -0.25) is 19.5 Å². The van der Waals surface area contributed by atoms with E-state index < -0.39 is 22.8 Å². The first-order chi connectivity index (χ1) is 21.1. The SMILES string of the molecule is CCC(C)(C)c1ccc(OCC(N)=O)c(C(C)(C)CC)c1-c1ccccc1C(=O)Nc1cc(=O)n(-c2c(Cl)cc(Cl)cc2Cl)[nH]1. The van der Waals surface area contributed by atoms with Crippen LogP contribution in [0, 0.1) is 0 Å². The van der Waals surface area contributed by atoms with E-state index in [4.69, 9.17) is 45.3 Å². The van der Waals surface area contributed by atoms with E-state index in [1.165, 1.54) is 18.2 Å². The predicted octanol–water partition coefficient (Wildman–Crippen LogP) is 8.28. The van der Waals surface area contributed by atoms with Crippen LogP contribution in [0.3, 0.4) is 0 Å². The summed E-state index contributed by atoms with van der Waals surface area (Å²) in [5.74, 6) is -0.365. The molecule has 4 rings (SSSR count). The fraction of sp³-hybridized carbons (Fsp3) is 0.324. The average molecular weight is 672 g/mol. The monoisotopic (exact) mass is 670 g/mol. The second kappa shape index (κ2) is 13.3. The lowest BCUT2D eigenvalue weighted by Gasteiger charge is -2.35. The van der Waals surface area contributed by atoms with Crippen molar-refractivity contribution in [3.8, 4) is 22.6 Å². The van der Waals surface area contributed by atoms with Gasteiger partial charge in [0.2, 0.25) is 0 Å². The van der Waals surface area contributed by atoms with Gasteiger partial charge in [-0.2, -0.15) is 0 Å². The summed E-state index contributed by atoms with van der Waals surface area (Å²) in [5.41, 5.74) is 8.29. The molecule has 0 aliphatic rings. The van der Waals surface area contributed by atoms with E-state index in [1.54, 1.807) is 12.1 Å². The molecule has 0 atom stereocenters. The molecule has 8 nitrogen and oxygen atoms in total. The summed E-state index contributed by atoms with van der Waals surface area (Å²) in [6.07, 6.45) is 1.58. The van der Waals surface area contributed by atoms with Crippen LogP contribution in [-0.2, 0) is 15.6 Å². The number of primary amides is 1. The van der Waals surface area contributed by atoms with Gasteiger partial charge in [0.05, 0.1) is 10.0 Å². The Kier molecular flexibility index (Phi) is 10.1. The Hall–Kier alpha value is -3.72. The Morgan fingerprint density at radius 3 is 2.16 bits per heavy atom. The van der Waals surface area contributed by atoms with E-state index in [9.17, 15) is 14.4 Å². The molecule has 0 saturated carbocycles. The first-order valence-corrected chi connectivity index (χ1v) is 15.7. The zero-order chi connectivity index (χ0) is 33.3. The number of nitrogens with zero attached hydrogens (tertiary/aromatic N) is 1. The van der Waals surface area contributed by atoms with Gasteiger partial charge < -0.3 is 15.8 Å². The van der Waals surface area contributed by atoms with Gasteiger partial charge >= 0.3 is 0 Å². The smallest absolute Gasteiger partial charge is 0.273 e. The number of anilines is 1. The summed E-state index contributed by atoms with van der Waals surface area (Å²) in [5, 5.41) is 6.35. The number of carbonyl (C=O) groups is 2. The van der Waals surface area contributed by atoms with E-state index in [0.717, 1.165) is 34.2 Å². The summed E-state index contributed by atoms with van der Waals surface area (Å²) in [4.78, 5) is 38.7. The second-order valence-electron chi connectivity index (χ2n) is 12.2. The van der Waals surface area contributed by atoms with Crippen molar-refractivity contribution in [2.75, 3.05) is 11.9 Å². The maximum absolute atomic E-state index is 14.0. The number of halogens is 3. The van der Waals surface area contributed by atoms with Gasteiger partial charge in [0.25, 0.3) is 17.4 Å². The summed E-state index contributed by atoms with van der Waals surface area (Å²) in [6, 6.07) is 15.3. The van der Waals surface area contributed by atoms with Crippen LogP contribution in [0.5, 0.6) is 5.75 Å². The number of rotatable bonds is 11. The molecular weight excluding hydrogens is 635 g/mol. The van der Waals surface area contributed by atoms with Crippen LogP contribution in [0.1, 0.15) is 75.9 Å². The lowest BCUT2D eigenvalue weighted by atomic mass is 9.70. The second-order valence-corrected chi connectivity index (χ2v) is 13.4. The molecule has 0 saturated heterocycles. The molecule has 45 heavy (non-hydrogen) atoms. The highest BCUT2D eigenvalue weighted by Crippen LogP contribution is 2.48. The van der Waals surface area contributed by atoms with Crippen molar-refractivity contribution in [1.29, 1.82) is 0 Å². The van der Waals surface area contributed by atoms with Crippen molar-refractivity contribution in [2.24, 2.45) is 5.73 Å². The number of hydrogen-bond acceptors (Lipinski definition) is 4. The van der Waals surface area contributed by atoms with E-state index in [0.29, 0.717) is 21.9 Å². The Bertz CT molecular complexity index is 1800. The molecular formula is C34H37Cl3N4O4. The minimum Gasteiger partial charge on any atom is -0.483 e. The minimum atomic E-state index is -0.586. The lowest BCUT2D eigenvalue weighted by Crippen LogP contribution is -2.26. The van der Waals surface area contributed by atoms with Crippen LogP contribution in [-0.4, -0.2) is 28.2 Å². The number of aromatic nitrogens is 2. The topological polar surface area (TPSA) is 119 Å². The highest BCUT2D eigenvalue weighted by atomic mass is 35.5. The number of hydrogen-bond donors (Lipinski definition) is 3. The fourth-order valence-electron chi connectivity index (χ4n) is 5.20. The number of ether oxygens (including phenoxy) is 1. The number of benzene rings is 3.